The molecule has 37 heavy (non-hydrogen) atoms. The molecule has 0 amide bonds. The highest BCUT2D eigenvalue weighted by Gasteiger charge is 2.29. The number of aromatic nitrogens is 1. The van der Waals surface area contributed by atoms with E-state index in [0.29, 0.717) is 17.2 Å². The molecule has 3 aromatic carbocycles. The summed E-state index contributed by atoms with van der Waals surface area (Å²) in [5.74, 6) is 1.23. The minimum absolute atomic E-state index is 0.156. The van der Waals surface area contributed by atoms with Crippen molar-refractivity contribution in [2.24, 2.45) is 5.73 Å². The topological polar surface area (TPSA) is 101 Å². The molecule has 4 N–H and O–H groups in total. The summed E-state index contributed by atoms with van der Waals surface area (Å²) in [6, 6.07) is 20.8. The van der Waals surface area contributed by atoms with Crippen LogP contribution in [-0.2, 0) is 11.2 Å². The van der Waals surface area contributed by atoms with E-state index in [1.54, 1.807) is 24.3 Å². The molecule has 5 rings (SSSR count). The number of hydrogen-bond acceptors (Lipinski definition) is 6. The van der Waals surface area contributed by atoms with Crippen LogP contribution >= 0.6 is 23.2 Å². The maximum absolute atomic E-state index is 9.80. The predicted octanol–water partition coefficient (Wildman–Crippen LogP) is 4.97. The van der Waals surface area contributed by atoms with Crippen LogP contribution in [0.1, 0.15) is 22.9 Å². The molecule has 1 aliphatic heterocycles. The number of aromatic amines is 1. The number of ether oxygens (including phenoxy) is 2. The van der Waals surface area contributed by atoms with Gasteiger partial charge in [-0.3, -0.25) is 9.69 Å². The molecule has 0 fully saturated rings. The summed E-state index contributed by atoms with van der Waals surface area (Å²) < 4.78 is 10.1. The first-order chi connectivity index (χ1) is 17.9. The first kappa shape index (κ1) is 27.0. The second-order valence-electron chi connectivity index (χ2n) is 8.78. The highest BCUT2D eigenvalue weighted by Crippen LogP contribution is 2.38. The Hall–Kier alpha value is -3.07. The Morgan fingerprint density at radius 2 is 1.76 bits per heavy atom. The highest BCUT2D eigenvalue weighted by molar-refractivity contribution is 6.31. The van der Waals surface area contributed by atoms with Gasteiger partial charge in [0, 0.05) is 39.7 Å². The first-order valence-corrected chi connectivity index (χ1v) is 12.6. The fourth-order valence-electron chi connectivity index (χ4n) is 4.38. The van der Waals surface area contributed by atoms with E-state index in [4.69, 9.17) is 33.7 Å². The molecule has 2 heterocycles. The number of rotatable bonds is 7. The molecule has 0 bridgehead atoms. The van der Waals surface area contributed by atoms with Crippen molar-refractivity contribution in [1.29, 1.82) is 0 Å². The summed E-state index contributed by atoms with van der Waals surface area (Å²) in [6.07, 6.45) is 0.357. The van der Waals surface area contributed by atoms with Gasteiger partial charge in [-0.15, -0.1) is 0 Å². The average Bonchev–Trinajstić information content (AvgIpc) is 3.27. The second kappa shape index (κ2) is 12.4. The molecule has 0 aliphatic carbocycles. The molecule has 0 saturated carbocycles. The Morgan fingerprint density at radius 3 is 2.43 bits per heavy atom. The second-order valence-corrected chi connectivity index (χ2v) is 9.65. The average molecular weight is 542 g/mol. The number of H-pyrrole nitrogens is 1. The summed E-state index contributed by atoms with van der Waals surface area (Å²) in [4.78, 5) is 15.8. The molecular formula is C28H29Cl2N3O4. The van der Waals surface area contributed by atoms with E-state index in [1.807, 2.05) is 30.3 Å². The van der Waals surface area contributed by atoms with Crippen LogP contribution in [0.2, 0.25) is 10.0 Å². The summed E-state index contributed by atoms with van der Waals surface area (Å²) in [7, 11) is 2.15. The van der Waals surface area contributed by atoms with Crippen molar-refractivity contribution in [1.82, 2.24) is 9.88 Å². The van der Waals surface area contributed by atoms with Crippen LogP contribution in [-0.4, -0.2) is 54.3 Å². The van der Waals surface area contributed by atoms with E-state index in [0.717, 1.165) is 29.3 Å². The normalized spacial score (nSPS) is 15.9. The highest BCUT2D eigenvalue weighted by atomic mass is 35.5. The number of halogens is 2. The third-order valence-electron chi connectivity index (χ3n) is 6.24. The van der Waals surface area contributed by atoms with Gasteiger partial charge in [0.1, 0.15) is 24.2 Å². The molecular weight excluding hydrogens is 513 g/mol. The van der Waals surface area contributed by atoms with Crippen molar-refractivity contribution in [2.75, 3.05) is 26.7 Å². The van der Waals surface area contributed by atoms with Gasteiger partial charge in [0.15, 0.2) is 0 Å². The van der Waals surface area contributed by atoms with Crippen molar-refractivity contribution in [2.45, 2.75) is 18.6 Å². The number of aliphatic hydroxyl groups is 1. The van der Waals surface area contributed by atoms with Gasteiger partial charge in [-0.25, -0.2) is 0 Å². The molecule has 7 nitrogen and oxygen atoms in total. The van der Waals surface area contributed by atoms with Crippen molar-refractivity contribution in [3.63, 3.8) is 0 Å². The van der Waals surface area contributed by atoms with E-state index in [2.05, 4.69) is 33.8 Å². The lowest BCUT2D eigenvalue weighted by atomic mass is 9.93. The minimum atomic E-state index is -0.644. The lowest BCUT2D eigenvalue weighted by Gasteiger charge is -2.33. The zero-order valence-electron chi connectivity index (χ0n) is 20.4. The van der Waals surface area contributed by atoms with Crippen LogP contribution < -0.4 is 15.2 Å². The molecule has 0 spiro atoms. The Morgan fingerprint density at radius 1 is 1.08 bits per heavy atom. The maximum atomic E-state index is 9.80. The molecule has 4 aromatic rings. The number of nitrogens with one attached hydrogen (secondary N) is 1. The number of nitrogens with two attached hydrogens (primary N) is 1. The third kappa shape index (κ3) is 6.63. The predicted molar refractivity (Wildman–Crippen MR) is 147 cm³/mol. The van der Waals surface area contributed by atoms with Crippen LogP contribution in [0.5, 0.6) is 11.5 Å². The fourth-order valence-corrected chi connectivity index (χ4v) is 4.68. The number of likely N-dealkylation sites (N-methyl/N-ethyl adjacent to an activating group) is 1. The van der Waals surface area contributed by atoms with Crippen LogP contribution in [0.25, 0.3) is 10.9 Å². The first-order valence-electron chi connectivity index (χ1n) is 11.9. The molecule has 0 radical (unpaired) electrons. The summed E-state index contributed by atoms with van der Waals surface area (Å²) in [5.41, 5.74) is 10.3. The maximum Gasteiger partial charge on any atom is 0.298 e. The monoisotopic (exact) mass is 541 g/mol. The van der Waals surface area contributed by atoms with Gasteiger partial charge in [0.25, 0.3) is 6.47 Å². The van der Waals surface area contributed by atoms with Gasteiger partial charge in [-0.1, -0.05) is 35.3 Å². The minimum Gasteiger partial charge on any atom is -0.491 e. The zero-order valence-corrected chi connectivity index (χ0v) is 21.9. The number of aliphatic hydroxyl groups excluding tert-OH is 1. The van der Waals surface area contributed by atoms with Crippen LogP contribution in [0, 0.1) is 0 Å². The van der Waals surface area contributed by atoms with Crippen molar-refractivity contribution >= 4 is 40.6 Å². The van der Waals surface area contributed by atoms with Gasteiger partial charge in [0.05, 0.1) is 6.04 Å². The number of carbonyl (C=O) groups is 1. The number of fused-ring (bicyclic) bond motifs is 3. The Balaban J connectivity index is 0.000000270. The lowest BCUT2D eigenvalue weighted by Crippen LogP contribution is -2.32. The van der Waals surface area contributed by atoms with E-state index < -0.39 is 6.10 Å². The Kier molecular flexibility index (Phi) is 9.08. The SMILES string of the molecule is CN1CCc2c([nH]c3ccc(Cl)cc23)C1c1ccc(OCC(O)CN)cc1.O=COc1ccc(Cl)cc1. The van der Waals surface area contributed by atoms with Gasteiger partial charge in [-0.2, -0.15) is 0 Å². The summed E-state index contributed by atoms with van der Waals surface area (Å²) in [6.45, 7) is 1.76. The van der Waals surface area contributed by atoms with Gasteiger partial charge >= 0.3 is 0 Å². The smallest absolute Gasteiger partial charge is 0.298 e. The number of nitrogens with zero attached hydrogens (tertiary/aromatic N) is 1. The van der Waals surface area contributed by atoms with Crippen molar-refractivity contribution in [3.05, 3.63) is 93.6 Å². The van der Waals surface area contributed by atoms with Crippen LogP contribution in [0.15, 0.2) is 66.7 Å². The largest absolute Gasteiger partial charge is 0.491 e. The summed E-state index contributed by atoms with van der Waals surface area (Å²) in [5, 5.41) is 12.1. The van der Waals surface area contributed by atoms with E-state index in [-0.39, 0.29) is 19.2 Å². The van der Waals surface area contributed by atoms with Crippen molar-refractivity contribution < 1.29 is 19.4 Å². The fraction of sp³-hybridized carbons (Fsp3) is 0.250. The third-order valence-corrected chi connectivity index (χ3v) is 6.73. The molecule has 194 valence electrons. The molecule has 1 aromatic heterocycles. The Bertz CT molecular complexity index is 1330. The molecule has 1 aliphatic rings. The van der Waals surface area contributed by atoms with E-state index in [9.17, 15) is 9.90 Å². The zero-order chi connectivity index (χ0) is 26.4. The van der Waals surface area contributed by atoms with E-state index in [1.165, 1.54) is 22.2 Å². The number of hydrogen-bond donors (Lipinski definition) is 3. The quantitative estimate of drug-likeness (QED) is 0.285. The van der Waals surface area contributed by atoms with E-state index >= 15 is 0 Å². The number of carbonyl (C=O) groups excluding carboxylic acids is 1. The standard InChI is InChI=1S/C21H24ClN3O2.C7H5ClO2/c1-25-9-8-17-18-10-14(22)4-7-19(18)24-20(17)21(25)13-2-5-16(6-3-13)27-12-15(26)11-23;8-6-1-3-7(4-2-6)10-5-9/h2-7,10,15,21,24,26H,8-9,11-12,23H2,1H3;1-5H. The van der Waals surface area contributed by atoms with Gasteiger partial charge < -0.3 is 25.3 Å². The molecule has 0 saturated heterocycles. The molecule has 2 unspecified atom stereocenters. The number of benzene rings is 3. The van der Waals surface area contributed by atoms with Crippen molar-refractivity contribution in [3.8, 4) is 11.5 Å². The molecule has 9 heteroatoms. The summed E-state index contributed by atoms with van der Waals surface area (Å²) >= 11 is 11.8. The van der Waals surface area contributed by atoms with Crippen LogP contribution in [0.3, 0.4) is 0 Å². The molecule has 2 atom stereocenters. The Labute approximate surface area is 225 Å². The van der Waals surface area contributed by atoms with Gasteiger partial charge in [-0.05, 0) is 79.2 Å². The van der Waals surface area contributed by atoms with Gasteiger partial charge in [0.2, 0.25) is 0 Å². The van der Waals surface area contributed by atoms with Crippen LogP contribution in [0.4, 0.5) is 0 Å². The lowest BCUT2D eigenvalue weighted by molar-refractivity contribution is -0.120.